The fourth-order valence-corrected chi connectivity index (χ4v) is 2.04. The highest BCUT2D eigenvalue weighted by molar-refractivity contribution is 6.30. The number of rotatable bonds is 3. The Hall–Kier alpha value is -2.67. The van der Waals surface area contributed by atoms with Crippen molar-refractivity contribution in [1.82, 2.24) is 15.2 Å². The van der Waals surface area contributed by atoms with Gasteiger partial charge in [-0.15, -0.1) is 5.10 Å². The van der Waals surface area contributed by atoms with E-state index in [0.29, 0.717) is 10.8 Å². The Morgan fingerprint density at radius 3 is 2.46 bits per heavy atom. The standard InChI is InChI=1S/C16H9ClF3N3O/c17-12-4-6-13(7-5-12)24-14-9-21-23-15(22-14)10-2-1-3-11(8-10)16(18,19)20/h1-9H. The number of hydrogen-bond acceptors (Lipinski definition) is 4. The van der Waals surface area contributed by atoms with E-state index in [-0.39, 0.29) is 17.3 Å². The molecule has 0 bridgehead atoms. The van der Waals surface area contributed by atoms with Crippen LogP contribution in [0.25, 0.3) is 11.4 Å². The fourth-order valence-electron chi connectivity index (χ4n) is 1.92. The van der Waals surface area contributed by atoms with E-state index in [0.717, 1.165) is 12.1 Å². The van der Waals surface area contributed by atoms with Gasteiger partial charge < -0.3 is 4.74 Å². The van der Waals surface area contributed by atoms with Gasteiger partial charge in [0.1, 0.15) is 11.9 Å². The van der Waals surface area contributed by atoms with Crippen LogP contribution in [0.5, 0.6) is 11.6 Å². The number of alkyl halides is 3. The van der Waals surface area contributed by atoms with E-state index in [1.807, 2.05) is 0 Å². The first-order valence-corrected chi connectivity index (χ1v) is 7.10. The van der Waals surface area contributed by atoms with Crippen molar-refractivity contribution in [2.45, 2.75) is 6.18 Å². The molecule has 1 aromatic heterocycles. The molecule has 0 unspecified atom stereocenters. The molecular weight excluding hydrogens is 343 g/mol. The highest BCUT2D eigenvalue weighted by Gasteiger charge is 2.30. The molecule has 4 nitrogen and oxygen atoms in total. The molecule has 3 rings (SSSR count). The zero-order valence-corrected chi connectivity index (χ0v) is 12.7. The van der Waals surface area contributed by atoms with Crippen molar-refractivity contribution in [3.8, 4) is 23.0 Å². The molecule has 0 saturated carbocycles. The SMILES string of the molecule is FC(F)(F)c1cccc(-c2nncc(Oc3ccc(Cl)cc3)n2)c1. The predicted molar refractivity (Wildman–Crippen MR) is 81.8 cm³/mol. The highest BCUT2D eigenvalue weighted by Crippen LogP contribution is 2.31. The lowest BCUT2D eigenvalue weighted by Crippen LogP contribution is -2.05. The lowest BCUT2D eigenvalue weighted by Gasteiger charge is -2.08. The average molecular weight is 352 g/mol. The monoisotopic (exact) mass is 351 g/mol. The Kier molecular flexibility index (Phi) is 4.35. The van der Waals surface area contributed by atoms with Crippen LogP contribution in [0.2, 0.25) is 5.02 Å². The summed E-state index contributed by atoms with van der Waals surface area (Å²) < 4.78 is 43.9. The van der Waals surface area contributed by atoms with Gasteiger partial charge in [-0.3, -0.25) is 0 Å². The summed E-state index contributed by atoms with van der Waals surface area (Å²) in [5.74, 6) is 0.613. The van der Waals surface area contributed by atoms with Crippen molar-refractivity contribution in [1.29, 1.82) is 0 Å². The number of ether oxygens (including phenoxy) is 1. The number of hydrogen-bond donors (Lipinski definition) is 0. The summed E-state index contributed by atoms with van der Waals surface area (Å²) in [5, 5.41) is 8.03. The predicted octanol–water partition coefficient (Wildman–Crippen LogP) is 5.00. The molecule has 0 spiro atoms. The molecule has 0 radical (unpaired) electrons. The molecule has 0 aliphatic heterocycles. The maximum absolute atomic E-state index is 12.8. The smallest absolute Gasteiger partial charge is 0.416 e. The maximum atomic E-state index is 12.8. The first-order valence-electron chi connectivity index (χ1n) is 6.72. The van der Waals surface area contributed by atoms with Gasteiger partial charge in [0.15, 0.2) is 5.82 Å². The minimum absolute atomic E-state index is 0.0348. The van der Waals surface area contributed by atoms with Crippen molar-refractivity contribution in [2.75, 3.05) is 0 Å². The van der Waals surface area contributed by atoms with E-state index in [2.05, 4.69) is 15.2 Å². The molecule has 2 aromatic carbocycles. The van der Waals surface area contributed by atoms with Crippen LogP contribution in [0.3, 0.4) is 0 Å². The molecule has 122 valence electrons. The molecule has 0 amide bonds. The lowest BCUT2D eigenvalue weighted by molar-refractivity contribution is -0.137. The molecule has 0 aliphatic rings. The highest BCUT2D eigenvalue weighted by atomic mass is 35.5. The van der Waals surface area contributed by atoms with Gasteiger partial charge in [0.05, 0.1) is 5.56 Å². The van der Waals surface area contributed by atoms with E-state index in [1.165, 1.54) is 18.3 Å². The summed E-state index contributed by atoms with van der Waals surface area (Å²) in [6.45, 7) is 0. The number of nitrogens with zero attached hydrogens (tertiary/aromatic N) is 3. The zero-order chi connectivity index (χ0) is 17.2. The Labute approximate surface area is 139 Å². The Bertz CT molecular complexity index is 854. The van der Waals surface area contributed by atoms with Gasteiger partial charge in [0.2, 0.25) is 5.88 Å². The van der Waals surface area contributed by atoms with E-state index < -0.39 is 11.7 Å². The van der Waals surface area contributed by atoms with E-state index >= 15 is 0 Å². The Morgan fingerprint density at radius 1 is 1.00 bits per heavy atom. The maximum Gasteiger partial charge on any atom is 0.416 e. The van der Waals surface area contributed by atoms with Crippen LogP contribution in [0.15, 0.2) is 54.7 Å². The normalized spacial score (nSPS) is 11.3. The van der Waals surface area contributed by atoms with Gasteiger partial charge in [-0.25, -0.2) is 0 Å². The van der Waals surface area contributed by atoms with Gasteiger partial charge in [0, 0.05) is 10.6 Å². The summed E-state index contributed by atoms with van der Waals surface area (Å²) in [6.07, 6.45) is -3.17. The van der Waals surface area contributed by atoms with Crippen molar-refractivity contribution >= 4 is 11.6 Å². The molecule has 0 fully saturated rings. The van der Waals surface area contributed by atoms with Crippen LogP contribution in [0.4, 0.5) is 13.2 Å². The largest absolute Gasteiger partial charge is 0.437 e. The van der Waals surface area contributed by atoms with Crippen molar-refractivity contribution < 1.29 is 17.9 Å². The quantitative estimate of drug-likeness (QED) is 0.666. The first-order chi connectivity index (χ1) is 11.4. The molecular formula is C16H9ClF3N3O. The summed E-state index contributed by atoms with van der Waals surface area (Å²) in [5.41, 5.74) is -0.591. The van der Waals surface area contributed by atoms with Gasteiger partial charge in [0.25, 0.3) is 0 Å². The number of benzene rings is 2. The van der Waals surface area contributed by atoms with Gasteiger partial charge in [-0.1, -0.05) is 23.7 Å². The molecule has 1 heterocycles. The van der Waals surface area contributed by atoms with E-state index in [1.54, 1.807) is 24.3 Å². The van der Waals surface area contributed by atoms with E-state index in [9.17, 15) is 13.2 Å². The molecule has 8 heteroatoms. The molecule has 0 N–H and O–H groups in total. The van der Waals surface area contributed by atoms with Crippen molar-refractivity contribution in [3.05, 3.63) is 65.3 Å². The summed E-state index contributed by atoms with van der Waals surface area (Å²) in [7, 11) is 0. The second-order valence-electron chi connectivity index (χ2n) is 4.75. The number of aromatic nitrogens is 3. The van der Waals surface area contributed by atoms with Crippen molar-refractivity contribution in [3.63, 3.8) is 0 Å². The van der Waals surface area contributed by atoms with E-state index in [4.69, 9.17) is 16.3 Å². The summed E-state index contributed by atoms with van der Waals surface area (Å²) >= 11 is 5.79. The average Bonchev–Trinajstić information content (AvgIpc) is 2.57. The van der Waals surface area contributed by atoms with Gasteiger partial charge >= 0.3 is 6.18 Å². The number of halogens is 4. The summed E-state index contributed by atoms with van der Waals surface area (Å²) in [6, 6.07) is 11.2. The molecule has 0 saturated heterocycles. The van der Waals surface area contributed by atoms with Crippen LogP contribution in [-0.4, -0.2) is 15.2 Å². The molecule has 0 atom stereocenters. The third-order valence-corrected chi connectivity index (χ3v) is 3.27. The second kappa shape index (κ2) is 6.45. The first kappa shape index (κ1) is 16.2. The van der Waals surface area contributed by atoms with Crippen LogP contribution in [-0.2, 0) is 6.18 Å². The molecule has 3 aromatic rings. The third kappa shape index (κ3) is 3.80. The zero-order valence-electron chi connectivity index (χ0n) is 12.0. The Morgan fingerprint density at radius 2 is 1.75 bits per heavy atom. The van der Waals surface area contributed by atoms with Crippen LogP contribution in [0.1, 0.15) is 5.56 Å². The molecule has 0 aliphatic carbocycles. The van der Waals surface area contributed by atoms with Gasteiger partial charge in [-0.05, 0) is 36.4 Å². The third-order valence-electron chi connectivity index (χ3n) is 3.02. The Balaban J connectivity index is 1.89. The lowest BCUT2D eigenvalue weighted by atomic mass is 10.1. The molecule has 24 heavy (non-hydrogen) atoms. The fraction of sp³-hybridized carbons (Fsp3) is 0.0625. The van der Waals surface area contributed by atoms with Crippen molar-refractivity contribution in [2.24, 2.45) is 0 Å². The summed E-state index contributed by atoms with van der Waals surface area (Å²) in [4.78, 5) is 4.09. The van der Waals surface area contributed by atoms with Crippen LogP contribution < -0.4 is 4.74 Å². The van der Waals surface area contributed by atoms with Crippen LogP contribution in [0, 0.1) is 0 Å². The minimum Gasteiger partial charge on any atom is -0.437 e. The topological polar surface area (TPSA) is 47.9 Å². The van der Waals surface area contributed by atoms with Gasteiger partial charge in [-0.2, -0.15) is 23.3 Å². The minimum atomic E-state index is -4.44. The van der Waals surface area contributed by atoms with Crippen LogP contribution >= 0.6 is 11.6 Å². The second-order valence-corrected chi connectivity index (χ2v) is 5.19.